The lowest BCUT2D eigenvalue weighted by Crippen LogP contribution is -2.66. The maximum atomic E-state index is 14.5. The van der Waals surface area contributed by atoms with Crippen molar-refractivity contribution < 1.29 is 23.9 Å². The van der Waals surface area contributed by atoms with Gasteiger partial charge < -0.3 is 25.6 Å². The minimum absolute atomic E-state index is 0.0904. The molecule has 4 amide bonds. The number of rotatable bonds is 10. The molecule has 4 aromatic carbocycles. The van der Waals surface area contributed by atoms with E-state index < -0.39 is 24.2 Å². The molecule has 3 N–H and O–H groups in total. The second-order valence-corrected chi connectivity index (χ2v) is 15.2. The van der Waals surface area contributed by atoms with Crippen LogP contribution in [0.4, 0.5) is 9.93 Å². The number of amides is 4. The molecule has 2 aliphatic heterocycles. The maximum absolute atomic E-state index is 14.5. The van der Waals surface area contributed by atoms with E-state index >= 15 is 0 Å². The highest BCUT2D eigenvalue weighted by Crippen LogP contribution is 2.32. The summed E-state index contributed by atoms with van der Waals surface area (Å²) in [5.41, 5.74) is 10.4. The van der Waals surface area contributed by atoms with Crippen LogP contribution in [0.5, 0.6) is 0 Å². The number of carbonyl (C=O) groups is 4. The third-order valence-electron chi connectivity index (χ3n) is 9.56. The highest BCUT2D eigenvalue weighted by Gasteiger charge is 2.52. The van der Waals surface area contributed by atoms with Gasteiger partial charge >= 0.3 is 12.0 Å². The second kappa shape index (κ2) is 17.4. The van der Waals surface area contributed by atoms with Crippen LogP contribution < -0.4 is 11.1 Å². The van der Waals surface area contributed by atoms with E-state index in [1.165, 1.54) is 16.3 Å². The molecule has 288 valence electrons. The Morgan fingerprint density at radius 2 is 1.75 bits per heavy atom. The first-order valence-electron chi connectivity index (χ1n) is 17.8. The Hall–Kier alpha value is -6.09. The summed E-state index contributed by atoms with van der Waals surface area (Å²) in [6.45, 7) is 0.198. The number of nitrogen functional groups attached to an aromatic ring is 1. The number of anilines is 1. The first-order chi connectivity index (χ1) is 27.6. The smallest absolute Gasteiger partial charge is 0.385 e. The van der Waals surface area contributed by atoms with Crippen LogP contribution in [0.3, 0.4) is 0 Å². The summed E-state index contributed by atoms with van der Waals surface area (Å²) < 4.78 is 6.14. The number of nitrogens with one attached hydrogen (secondary N) is 1. The lowest BCUT2D eigenvalue weighted by atomic mass is 9.99. The van der Waals surface area contributed by atoms with E-state index in [4.69, 9.17) is 40.1 Å². The highest BCUT2D eigenvalue weighted by atomic mass is 35.5. The van der Waals surface area contributed by atoms with Crippen molar-refractivity contribution in [1.29, 1.82) is 0 Å². The fourth-order valence-corrected chi connectivity index (χ4v) is 7.96. The number of hydrazine groups is 1. The fourth-order valence-electron chi connectivity index (χ4n) is 6.86. The molecule has 5 aromatic rings. The first kappa shape index (κ1) is 39.2. The van der Waals surface area contributed by atoms with Gasteiger partial charge in [0.05, 0.1) is 39.9 Å². The number of benzene rings is 4. The molecule has 0 bridgehead atoms. The van der Waals surface area contributed by atoms with Gasteiger partial charge in [-0.2, -0.15) is 5.01 Å². The molecular formula is C42H35Cl2N7O5S. The molecule has 0 saturated carbocycles. The fraction of sp³-hybridized carbons (Fsp3) is 0.214. The summed E-state index contributed by atoms with van der Waals surface area (Å²) in [6.07, 6.45) is 5.21. The van der Waals surface area contributed by atoms with Gasteiger partial charge in [-0.1, -0.05) is 107 Å². The Bertz CT molecular complexity index is 2440. The summed E-state index contributed by atoms with van der Waals surface area (Å²) in [6, 6.07) is 25.7. The van der Waals surface area contributed by atoms with Crippen molar-refractivity contribution in [2.24, 2.45) is 0 Å². The summed E-state index contributed by atoms with van der Waals surface area (Å²) in [5, 5.41) is 6.96. The Morgan fingerprint density at radius 3 is 2.51 bits per heavy atom. The molecule has 0 radical (unpaired) electrons. The average molecular weight is 821 g/mol. The molecule has 2 fully saturated rings. The molecule has 0 aliphatic carbocycles. The molecule has 1 aromatic heterocycles. The molecule has 2 saturated heterocycles. The number of aromatic nitrogens is 1. The summed E-state index contributed by atoms with van der Waals surface area (Å²) in [7, 11) is 0. The number of terminal acetylenes is 1. The number of ether oxygens (including phenoxy) is 1. The van der Waals surface area contributed by atoms with Crippen LogP contribution >= 0.6 is 34.5 Å². The summed E-state index contributed by atoms with van der Waals surface area (Å²) in [4.78, 5) is 62.2. The molecular weight excluding hydrogens is 785 g/mol. The van der Waals surface area contributed by atoms with Crippen molar-refractivity contribution in [3.8, 4) is 24.2 Å². The van der Waals surface area contributed by atoms with Crippen LogP contribution in [-0.4, -0.2) is 80.5 Å². The third kappa shape index (κ3) is 8.99. The van der Waals surface area contributed by atoms with Crippen molar-refractivity contribution in [3.05, 3.63) is 129 Å². The topological polar surface area (TPSA) is 141 Å². The number of urea groups is 1. The van der Waals surface area contributed by atoms with Gasteiger partial charge in [0.25, 0.3) is 0 Å². The minimum Gasteiger partial charge on any atom is -0.451 e. The number of halogens is 2. The number of hydrogen-bond acceptors (Lipinski definition) is 9. The number of fused-ring (bicyclic) bond motifs is 2. The van der Waals surface area contributed by atoms with E-state index in [1.807, 2.05) is 48.5 Å². The number of para-hydroxylation sites is 1. The van der Waals surface area contributed by atoms with E-state index in [0.29, 0.717) is 31.8 Å². The Balaban J connectivity index is 1.13. The second-order valence-electron chi connectivity index (χ2n) is 13.3. The summed E-state index contributed by atoms with van der Waals surface area (Å²) >= 11 is 13.6. The van der Waals surface area contributed by atoms with Crippen LogP contribution in [0.15, 0.2) is 91.0 Å². The highest BCUT2D eigenvalue weighted by molar-refractivity contribution is 7.22. The first-order valence-corrected chi connectivity index (χ1v) is 19.4. The van der Waals surface area contributed by atoms with Crippen LogP contribution in [0.2, 0.25) is 10.0 Å². The molecule has 0 unspecified atom stereocenters. The van der Waals surface area contributed by atoms with Gasteiger partial charge in [0.2, 0.25) is 11.8 Å². The quantitative estimate of drug-likeness (QED) is 0.140. The van der Waals surface area contributed by atoms with Crippen molar-refractivity contribution in [1.82, 2.24) is 30.1 Å². The molecule has 2 aliphatic rings. The maximum Gasteiger partial charge on any atom is 0.385 e. The number of thiazole rings is 1. The van der Waals surface area contributed by atoms with E-state index in [9.17, 15) is 19.2 Å². The number of esters is 1. The zero-order valence-corrected chi connectivity index (χ0v) is 32.7. The predicted octanol–water partition coefficient (Wildman–Crippen LogP) is 5.46. The number of nitrogens with two attached hydrogens (primary N) is 1. The van der Waals surface area contributed by atoms with Crippen molar-refractivity contribution >= 4 is 73.7 Å². The van der Waals surface area contributed by atoms with Gasteiger partial charge in [-0.15, -0.1) is 6.42 Å². The lowest BCUT2D eigenvalue weighted by molar-refractivity contribution is -0.157. The van der Waals surface area contributed by atoms with Crippen LogP contribution in [0.1, 0.15) is 27.8 Å². The van der Waals surface area contributed by atoms with E-state index in [0.717, 1.165) is 21.4 Å². The Kier molecular flexibility index (Phi) is 11.9. The van der Waals surface area contributed by atoms with Crippen molar-refractivity contribution in [3.63, 3.8) is 0 Å². The van der Waals surface area contributed by atoms with Gasteiger partial charge in [0.1, 0.15) is 18.8 Å². The molecule has 15 heteroatoms. The molecule has 7 rings (SSSR count). The van der Waals surface area contributed by atoms with E-state index in [-0.39, 0.29) is 57.6 Å². The zero-order valence-electron chi connectivity index (χ0n) is 30.4. The molecule has 0 spiro atoms. The summed E-state index contributed by atoms with van der Waals surface area (Å²) in [5.74, 6) is 6.62. The molecule has 3 heterocycles. The average Bonchev–Trinajstić information content (AvgIpc) is 3.76. The zero-order chi connectivity index (χ0) is 40.1. The molecule has 57 heavy (non-hydrogen) atoms. The normalized spacial score (nSPS) is 16.4. The number of carbonyl (C=O) groups excluding carboxylic acids is 4. The van der Waals surface area contributed by atoms with Gasteiger partial charge in [-0.25, -0.2) is 19.6 Å². The van der Waals surface area contributed by atoms with Crippen molar-refractivity contribution in [2.75, 3.05) is 25.4 Å². The predicted molar refractivity (Wildman–Crippen MR) is 218 cm³/mol. The minimum atomic E-state index is -0.919. The van der Waals surface area contributed by atoms with E-state index in [2.05, 4.69) is 28.1 Å². The van der Waals surface area contributed by atoms with Gasteiger partial charge in [-0.3, -0.25) is 9.59 Å². The van der Waals surface area contributed by atoms with Gasteiger partial charge in [-0.05, 0) is 52.6 Å². The number of piperazine rings is 1. The number of nitrogens with zero attached hydrogens (tertiary/aromatic N) is 5. The van der Waals surface area contributed by atoms with Crippen molar-refractivity contribution in [2.45, 2.75) is 38.3 Å². The van der Waals surface area contributed by atoms with E-state index in [1.54, 1.807) is 57.3 Å². The molecule has 2 atom stereocenters. The largest absolute Gasteiger partial charge is 0.451 e. The third-order valence-corrected chi connectivity index (χ3v) is 11.2. The Morgan fingerprint density at radius 1 is 0.982 bits per heavy atom. The van der Waals surface area contributed by atoms with Gasteiger partial charge in [0.15, 0.2) is 5.13 Å². The van der Waals surface area contributed by atoms with Crippen LogP contribution in [0, 0.1) is 24.2 Å². The Labute approximate surface area is 343 Å². The molecule has 12 nitrogen and oxygen atoms in total. The van der Waals surface area contributed by atoms with Crippen LogP contribution in [0.25, 0.3) is 10.2 Å². The number of hydrogen-bond donors (Lipinski definition) is 2. The monoisotopic (exact) mass is 819 g/mol. The SMILES string of the molecule is C#CCN(C(=O)NCc1ccc(Cl)c(Cl)c1)N1CC(=O)N2[C@@H](Cc3ccc(C#CC(=O)OCc4ccccc4)cc3)C(=O)N(Cc3cccc4sc(N)nc34)C[C@@H]21. The standard InChI is InChI=1S/C42H35Cl2N7O5S/c1-2-19-49(42(55)46-22-30-15-17-32(43)33(44)20-30)50-25-37(52)51-34(40(54)48(24-36(50)51)23-31-9-6-10-35-39(31)47-41(45)57-35)21-28-13-11-27(12-14-28)16-18-38(53)56-26-29-7-4-3-5-8-29/h1,3-15,17,20,34,36H,19,21-26H2,(H2,45,47)(H,46,55)/t34-,36+/m0/s1. The van der Waals surface area contributed by atoms with Crippen LogP contribution in [-0.2, 0) is 45.2 Å². The lowest BCUT2D eigenvalue weighted by Gasteiger charge is -2.46. The van der Waals surface area contributed by atoms with Gasteiger partial charge in [0, 0.05) is 31.0 Å².